The van der Waals surface area contributed by atoms with Crippen molar-refractivity contribution in [3.05, 3.63) is 57.6 Å². The molecule has 4 nitrogen and oxygen atoms in total. The predicted molar refractivity (Wildman–Crippen MR) is 101 cm³/mol. The lowest BCUT2D eigenvalue weighted by molar-refractivity contribution is -0.122. The van der Waals surface area contributed by atoms with Crippen molar-refractivity contribution in [2.24, 2.45) is 5.92 Å². The Morgan fingerprint density at radius 3 is 2.48 bits per heavy atom. The number of anilines is 2. The summed E-state index contributed by atoms with van der Waals surface area (Å²) in [5, 5.41) is 3.85. The fourth-order valence-corrected chi connectivity index (χ4v) is 3.45. The molecule has 1 saturated heterocycles. The van der Waals surface area contributed by atoms with Crippen molar-refractivity contribution in [2.75, 3.05) is 16.8 Å². The van der Waals surface area contributed by atoms with Gasteiger partial charge in [0.15, 0.2) is 0 Å². The average Bonchev–Trinajstić information content (AvgIpc) is 2.92. The van der Waals surface area contributed by atoms with Crippen LogP contribution in [0.5, 0.6) is 0 Å². The Labute approximate surface area is 156 Å². The van der Waals surface area contributed by atoms with Crippen molar-refractivity contribution in [1.29, 1.82) is 0 Å². The second kappa shape index (κ2) is 7.06. The highest BCUT2D eigenvalue weighted by Crippen LogP contribution is 2.31. The third kappa shape index (κ3) is 3.97. The van der Waals surface area contributed by atoms with Crippen LogP contribution in [0, 0.1) is 19.8 Å². The second-order valence-corrected chi connectivity index (χ2v) is 7.21. The normalized spacial score (nSPS) is 17.0. The zero-order valence-electron chi connectivity index (χ0n) is 14.0. The van der Waals surface area contributed by atoms with E-state index in [0.29, 0.717) is 22.3 Å². The van der Waals surface area contributed by atoms with Gasteiger partial charge in [0.05, 0.1) is 5.92 Å². The van der Waals surface area contributed by atoms with Crippen LogP contribution in [0.1, 0.15) is 17.5 Å². The molecule has 2 aromatic carbocycles. The lowest BCUT2D eigenvalue weighted by Gasteiger charge is -2.18. The van der Waals surface area contributed by atoms with E-state index in [4.69, 9.17) is 23.2 Å². The van der Waals surface area contributed by atoms with Crippen LogP contribution in [0.2, 0.25) is 10.0 Å². The third-order valence-corrected chi connectivity index (χ3v) is 4.74. The smallest absolute Gasteiger partial charge is 0.229 e. The number of rotatable bonds is 3. The number of amides is 2. The molecule has 1 heterocycles. The Hall–Kier alpha value is -2.04. The quantitative estimate of drug-likeness (QED) is 0.850. The van der Waals surface area contributed by atoms with Crippen molar-refractivity contribution in [3.8, 4) is 0 Å². The Morgan fingerprint density at radius 1 is 1.12 bits per heavy atom. The summed E-state index contributed by atoms with van der Waals surface area (Å²) in [6, 6.07) is 10.8. The standard InChI is InChI=1S/C19H18Cl2N2O2/c1-11-3-4-12(2)17(5-11)22-19(25)13-6-18(24)23(10-13)16-8-14(20)7-15(21)9-16/h3-5,7-9,13H,6,10H2,1-2H3,(H,22,25). The molecule has 25 heavy (non-hydrogen) atoms. The van der Waals surface area contributed by atoms with Crippen LogP contribution >= 0.6 is 23.2 Å². The summed E-state index contributed by atoms with van der Waals surface area (Å²) in [5.41, 5.74) is 3.45. The first-order valence-electron chi connectivity index (χ1n) is 7.98. The molecule has 3 rings (SSSR count). The molecule has 6 heteroatoms. The minimum Gasteiger partial charge on any atom is -0.326 e. The third-order valence-electron chi connectivity index (χ3n) is 4.31. The molecule has 1 aliphatic heterocycles. The maximum absolute atomic E-state index is 12.6. The number of carbonyl (C=O) groups is 2. The van der Waals surface area contributed by atoms with E-state index in [1.807, 2.05) is 32.0 Å². The lowest BCUT2D eigenvalue weighted by Crippen LogP contribution is -2.28. The molecule has 1 N–H and O–H groups in total. The van der Waals surface area contributed by atoms with Gasteiger partial charge >= 0.3 is 0 Å². The van der Waals surface area contributed by atoms with Crippen molar-refractivity contribution in [2.45, 2.75) is 20.3 Å². The number of benzene rings is 2. The summed E-state index contributed by atoms with van der Waals surface area (Å²) in [4.78, 5) is 26.5. The van der Waals surface area contributed by atoms with Gasteiger partial charge in [0, 0.05) is 34.4 Å². The van der Waals surface area contributed by atoms with Gasteiger partial charge in [0.1, 0.15) is 0 Å². The first-order valence-corrected chi connectivity index (χ1v) is 8.73. The van der Waals surface area contributed by atoms with Gasteiger partial charge in [0.2, 0.25) is 11.8 Å². The summed E-state index contributed by atoms with van der Waals surface area (Å²) in [5.74, 6) is -0.678. The summed E-state index contributed by atoms with van der Waals surface area (Å²) in [6.45, 7) is 4.22. The van der Waals surface area contributed by atoms with E-state index in [1.54, 1.807) is 23.1 Å². The van der Waals surface area contributed by atoms with Gasteiger partial charge in [0.25, 0.3) is 0 Å². The molecular weight excluding hydrogens is 359 g/mol. The van der Waals surface area contributed by atoms with Crippen LogP contribution in [0.3, 0.4) is 0 Å². The van der Waals surface area contributed by atoms with Crippen LogP contribution < -0.4 is 10.2 Å². The molecule has 0 radical (unpaired) electrons. The van der Waals surface area contributed by atoms with E-state index < -0.39 is 5.92 Å². The fourth-order valence-electron chi connectivity index (χ4n) is 2.93. The van der Waals surface area contributed by atoms with E-state index in [1.165, 1.54) is 0 Å². The van der Waals surface area contributed by atoms with Gasteiger partial charge in [-0.15, -0.1) is 0 Å². The monoisotopic (exact) mass is 376 g/mol. The number of nitrogens with zero attached hydrogens (tertiary/aromatic N) is 1. The van der Waals surface area contributed by atoms with Crippen LogP contribution in [0.25, 0.3) is 0 Å². The number of hydrogen-bond donors (Lipinski definition) is 1. The maximum atomic E-state index is 12.6. The van der Waals surface area contributed by atoms with Crippen molar-refractivity contribution in [1.82, 2.24) is 0 Å². The van der Waals surface area contributed by atoms with Gasteiger partial charge in [-0.25, -0.2) is 0 Å². The van der Waals surface area contributed by atoms with E-state index in [9.17, 15) is 9.59 Å². The van der Waals surface area contributed by atoms with Gasteiger partial charge in [-0.3, -0.25) is 9.59 Å². The zero-order valence-corrected chi connectivity index (χ0v) is 15.5. The number of hydrogen-bond acceptors (Lipinski definition) is 2. The Morgan fingerprint density at radius 2 is 1.80 bits per heavy atom. The summed E-state index contributed by atoms with van der Waals surface area (Å²) < 4.78 is 0. The van der Waals surface area contributed by atoms with Gasteiger partial charge in [-0.05, 0) is 49.2 Å². The maximum Gasteiger partial charge on any atom is 0.229 e. The molecule has 2 aromatic rings. The minimum atomic E-state index is -0.412. The first-order chi connectivity index (χ1) is 11.8. The van der Waals surface area contributed by atoms with E-state index in [0.717, 1.165) is 16.8 Å². The highest BCUT2D eigenvalue weighted by molar-refractivity contribution is 6.35. The van der Waals surface area contributed by atoms with Crippen molar-refractivity contribution < 1.29 is 9.59 Å². The van der Waals surface area contributed by atoms with Gasteiger partial charge < -0.3 is 10.2 Å². The zero-order chi connectivity index (χ0) is 18.1. The Balaban J connectivity index is 1.75. The second-order valence-electron chi connectivity index (χ2n) is 6.34. The molecule has 130 valence electrons. The lowest BCUT2D eigenvalue weighted by atomic mass is 10.1. The molecule has 1 atom stereocenters. The SMILES string of the molecule is Cc1ccc(C)c(NC(=O)C2CC(=O)N(c3cc(Cl)cc(Cl)c3)C2)c1. The summed E-state index contributed by atoms with van der Waals surface area (Å²) in [6.07, 6.45) is 0.167. The molecule has 2 amide bonds. The van der Waals surface area contributed by atoms with Crippen LogP contribution in [0.4, 0.5) is 11.4 Å². The molecule has 0 spiro atoms. The molecule has 0 aromatic heterocycles. The minimum absolute atomic E-state index is 0.112. The average molecular weight is 377 g/mol. The topological polar surface area (TPSA) is 49.4 Å². The molecule has 1 unspecified atom stereocenters. The van der Waals surface area contributed by atoms with Crippen molar-refractivity contribution >= 4 is 46.4 Å². The van der Waals surface area contributed by atoms with Crippen LogP contribution in [0.15, 0.2) is 36.4 Å². The van der Waals surface area contributed by atoms with Crippen LogP contribution in [-0.2, 0) is 9.59 Å². The number of halogens is 2. The molecule has 0 bridgehead atoms. The molecule has 1 aliphatic rings. The fraction of sp³-hybridized carbons (Fsp3) is 0.263. The van der Waals surface area contributed by atoms with Gasteiger partial charge in [-0.2, -0.15) is 0 Å². The number of nitrogens with one attached hydrogen (secondary N) is 1. The van der Waals surface area contributed by atoms with Crippen LogP contribution in [-0.4, -0.2) is 18.4 Å². The predicted octanol–water partition coefficient (Wildman–Crippen LogP) is 4.60. The molecular formula is C19H18Cl2N2O2. The van der Waals surface area contributed by atoms with Gasteiger partial charge in [-0.1, -0.05) is 35.3 Å². The van der Waals surface area contributed by atoms with Crippen molar-refractivity contribution in [3.63, 3.8) is 0 Å². The summed E-state index contributed by atoms with van der Waals surface area (Å²) >= 11 is 12.0. The Bertz CT molecular complexity index is 831. The molecule has 0 aliphatic carbocycles. The highest BCUT2D eigenvalue weighted by atomic mass is 35.5. The first kappa shape index (κ1) is 17.8. The Kier molecular flexibility index (Phi) is 5.02. The largest absolute Gasteiger partial charge is 0.326 e. The number of aryl methyl sites for hydroxylation is 2. The van der Waals surface area contributed by atoms with E-state index in [2.05, 4.69) is 5.32 Å². The van der Waals surface area contributed by atoms with E-state index >= 15 is 0 Å². The summed E-state index contributed by atoms with van der Waals surface area (Å²) in [7, 11) is 0. The highest BCUT2D eigenvalue weighted by Gasteiger charge is 2.35. The van der Waals surface area contributed by atoms with E-state index in [-0.39, 0.29) is 18.2 Å². The molecule has 1 fully saturated rings. The molecule has 0 saturated carbocycles. The number of carbonyl (C=O) groups excluding carboxylic acids is 2.